The Morgan fingerprint density at radius 3 is 2.53 bits per heavy atom. The van der Waals surface area contributed by atoms with Gasteiger partial charge in [-0.1, -0.05) is 39.3 Å². The molecule has 0 aliphatic heterocycles. The summed E-state index contributed by atoms with van der Waals surface area (Å²) < 4.78 is 0. The molecule has 1 aliphatic carbocycles. The van der Waals surface area contributed by atoms with Gasteiger partial charge in [0, 0.05) is 5.41 Å². The maximum atomic E-state index is 10.9. The van der Waals surface area contributed by atoms with Crippen molar-refractivity contribution in [2.75, 3.05) is 0 Å². The summed E-state index contributed by atoms with van der Waals surface area (Å²) in [6.45, 7) is 8.92. The van der Waals surface area contributed by atoms with Crippen LogP contribution in [0.3, 0.4) is 0 Å². The van der Waals surface area contributed by atoms with Gasteiger partial charge < -0.3 is 4.79 Å². The van der Waals surface area contributed by atoms with E-state index in [1.54, 1.807) is 5.57 Å². The van der Waals surface area contributed by atoms with Gasteiger partial charge in [-0.25, -0.2) is 0 Å². The summed E-state index contributed by atoms with van der Waals surface area (Å²) in [5.74, 6) is 1.45. The zero-order chi connectivity index (χ0) is 11.5. The van der Waals surface area contributed by atoms with Crippen LogP contribution in [-0.2, 0) is 4.79 Å². The van der Waals surface area contributed by atoms with Gasteiger partial charge in [-0.2, -0.15) is 0 Å². The number of allylic oxidation sites excluding steroid dienone is 2. The van der Waals surface area contributed by atoms with Crippen molar-refractivity contribution in [1.82, 2.24) is 0 Å². The molecular weight excluding hydrogens is 184 g/mol. The van der Waals surface area contributed by atoms with Crippen LogP contribution in [0.5, 0.6) is 0 Å². The highest BCUT2D eigenvalue weighted by Gasteiger charge is 2.28. The van der Waals surface area contributed by atoms with Crippen molar-refractivity contribution >= 4 is 6.29 Å². The Kier molecular flexibility index (Phi) is 4.12. The van der Waals surface area contributed by atoms with E-state index in [2.05, 4.69) is 33.8 Å². The molecule has 0 aromatic carbocycles. The van der Waals surface area contributed by atoms with E-state index in [1.165, 1.54) is 6.42 Å². The summed E-state index contributed by atoms with van der Waals surface area (Å²) in [6.07, 6.45) is 7.77. The van der Waals surface area contributed by atoms with Crippen molar-refractivity contribution in [2.45, 2.75) is 53.4 Å². The Hall–Kier alpha value is -0.590. The highest BCUT2D eigenvalue weighted by Crippen LogP contribution is 2.38. The summed E-state index contributed by atoms with van der Waals surface area (Å²) in [4.78, 5) is 10.9. The molecule has 15 heavy (non-hydrogen) atoms. The number of carbonyl (C=O) groups is 1. The van der Waals surface area contributed by atoms with Crippen molar-refractivity contribution in [3.05, 3.63) is 11.6 Å². The first-order valence-corrected chi connectivity index (χ1v) is 6.17. The van der Waals surface area contributed by atoms with Crippen LogP contribution < -0.4 is 0 Å². The molecule has 0 spiro atoms. The third-order valence-corrected chi connectivity index (χ3v) is 3.82. The van der Waals surface area contributed by atoms with Gasteiger partial charge in [0.2, 0.25) is 0 Å². The van der Waals surface area contributed by atoms with E-state index in [-0.39, 0.29) is 5.41 Å². The first-order chi connectivity index (χ1) is 7.02. The van der Waals surface area contributed by atoms with Crippen molar-refractivity contribution in [3.8, 4) is 0 Å². The molecule has 1 aliphatic rings. The normalized spacial score (nSPS) is 28.7. The highest BCUT2D eigenvalue weighted by atomic mass is 16.1. The lowest BCUT2D eigenvalue weighted by Gasteiger charge is -2.32. The quantitative estimate of drug-likeness (QED) is 0.504. The van der Waals surface area contributed by atoms with Gasteiger partial charge in [0.15, 0.2) is 0 Å². The minimum Gasteiger partial charge on any atom is -0.303 e. The van der Waals surface area contributed by atoms with E-state index in [9.17, 15) is 4.79 Å². The van der Waals surface area contributed by atoms with Crippen molar-refractivity contribution in [3.63, 3.8) is 0 Å². The maximum Gasteiger partial charge on any atom is 0.126 e. The fourth-order valence-electron chi connectivity index (χ4n) is 2.60. The van der Waals surface area contributed by atoms with Crippen LogP contribution >= 0.6 is 0 Å². The molecule has 0 aromatic heterocycles. The van der Waals surface area contributed by atoms with Crippen LogP contribution in [0.2, 0.25) is 0 Å². The van der Waals surface area contributed by atoms with Gasteiger partial charge in [-0.05, 0) is 37.5 Å². The molecule has 2 atom stereocenters. The smallest absolute Gasteiger partial charge is 0.126 e. The first-order valence-electron chi connectivity index (χ1n) is 6.17. The summed E-state index contributed by atoms with van der Waals surface area (Å²) >= 11 is 0. The molecule has 0 radical (unpaired) electrons. The van der Waals surface area contributed by atoms with Crippen LogP contribution in [0, 0.1) is 17.3 Å². The van der Waals surface area contributed by atoms with Crippen molar-refractivity contribution in [2.24, 2.45) is 17.3 Å². The van der Waals surface area contributed by atoms with E-state index in [4.69, 9.17) is 0 Å². The third kappa shape index (κ3) is 2.93. The van der Waals surface area contributed by atoms with Gasteiger partial charge in [0.05, 0.1) is 0 Å². The monoisotopic (exact) mass is 208 g/mol. The Balaban J connectivity index is 2.71. The maximum absolute atomic E-state index is 10.9. The second-order valence-electron chi connectivity index (χ2n) is 5.51. The first kappa shape index (κ1) is 12.5. The molecule has 2 unspecified atom stereocenters. The average Bonchev–Trinajstić information content (AvgIpc) is 2.22. The van der Waals surface area contributed by atoms with Gasteiger partial charge >= 0.3 is 0 Å². The highest BCUT2D eigenvalue weighted by molar-refractivity contribution is 5.59. The zero-order valence-corrected chi connectivity index (χ0v) is 10.5. The van der Waals surface area contributed by atoms with Gasteiger partial charge in [-0.15, -0.1) is 0 Å². The van der Waals surface area contributed by atoms with Gasteiger partial charge in [0.25, 0.3) is 0 Å². The predicted octanol–water partition coefficient (Wildman–Crippen LogP) is 3.98. The Morgan fingerprint density at radius 2 is 2.20 bits per heavy atom. The number of rotatable bonds is 4. The molecule has 0 bridgehead atoms. The summed E-state index contributed by atoms with van der Waals surface area (Å²) in [7, 11) is 0. The van der Waals surface area contributed by atoms with E-state index < -0.39 is 0 Å². The lowest BCUT2D eigenvalue weighted by atomic mass is 9.72. The van der Waals surface area contributed by atoms with E-state index in [0.717, 1.165) is 37.4 Å². The van der Waals surface area contributed by atoms with Crippen LogP contribution in [0.25, 0.3) is 0 Å². The van der Waals surface area contributed by atoms with Crippen molar-refractivity contribution in [1.29, 1.82) is 0 Å². The van der Waals surface area contributed by atoms with E-state index >= 15 is 0 Å². The molecule has 0 fully saturated rings. The largest absolute Gasteiger partial charge is 0.303 e. The Morgan fingerprint density at radius 1 is 1.53 bits per heavy atom. The lowest BCUT2D eigenvalue weighted by Crippen LogP contribution is -2.23. The van der Waals surface area contributed by atoms with Gasteiger partial charge in [0.1, 0.15) is 6.29 Å². The molecule has 86 valence electrons. The van der Waals surface area contributed by atoms with Crippen LogP contribution in [-0.4, -0.2) is 6.29 Å². The fraction of sp³-hybridized carbons (Fsp3) is 0.786. The Labute approximate surface area is 93.9 Å². The average molecular weight is 208 g/mol. The zero-order valence-electron chi connectivity index (χ0n) is 10.5. The Bertz CT molecular complexity index is 252. The van der Waals surface area contributed by atoms with Crippen LogP contribution in [0.15, 0.2) is 11.6 Å². The SMILES string of the molecule is CCC(C1=CCC(C)(C=O)CC1)C(C)C. The molecule has 0 amide bonds. The minimum atomic E-state index is -0.0846. The number of hydrogen-bond acceptors (Lipinski definition) is 1. The molecule has 0 N–H and O–H groups in total. The topological polar surface area (TPSA) is 17.1 Å². The second-order valence-corrected chi connectivity index (χ2v) is 5.51. The third-order valence-electron chi connectivity index (χ3n) is 3.82. The molecule has 1 rings (SSSR count). The molecule has 0 aromatic rings. The molecule has 0 saturated heterocycles. The number of hydrogen-bond donors (Lipinski definition) is 0. The van der Waals surface area contributed by atoms with Gasteiger partial charge in [-0.3, -0.25) is 0 Å². The van der Waals surface area contributed by atoms with E-state index in [1.807, 2.05) is 0 Å². The lowest BCUT2D eigenvalue weighted by molar-refractivity contribution is -0.115. The minimum absolute atomic E-state index is 0.0846. The van der Waals surface area contributed by atoms with E-state index in [0.29, 0.717) is 0 Å². The van der Waals surface area contributed by atoms with Crippen molar-refractivity contribution < 1.29 is 4.79 Å². The number of carbonyl (C=O) groups excluding carboxylic acids is 1. The summed E-state index contributed by atoms with van der Waals surface area (Å²) in [5.41, 5.74) is 1.51. The number of aldehydes is 1. The standard InChI is InChI=1S/C14H24O/c1-5-13(11(2)3)12-6-8-14(4,10-15)9-7-12/h6,10-11,13H,5,7-9H2,1-4H3. The fourth-order valence-corrected chi connectivity index (χ4v) is 2.60. The predicted molar refractivity (Wildman–Crippen MR) is 64.7 cm³/mol. The summed E-state index contributed by atoms with van der Waals surface area (Å²) in [5, 5.41) is 0. The van der Waals surface area contributed by atoms with Crippen LogP contribution in [0.4, 0.5) is 0 Å². The molecule has 1 nitrogen and oxygen atoms in total. The second kappa shape index (κ2) is 4.96. The molecular formula is C14H24O. The molecule has 0 heterocycles. The van der Waals surface area contributed by atoms with Crippen LogP contribution in [0.1, 0.15) is 53.4 Å². The molecule has 1 heteroatoms. The molecule has 0 saturated carbocycles. The summed E-state index contributed by atoms with van der Waals surface area (Å²) in [6, 6.07) is 0.